The number of nitrogens with one attached hydrogen (secondary N) is 1. The standard InChI is InChI=1S/C25H31ClFN3O/c26-21-6-4-5-20(17-21)25(31)28-23-18-22(27)7-8-24(23)30-15-10-19(11-16-30)9-14-29-12-2-1-3-13-29/h4-8,17-19H,1-3,9-16H2,(H,28,31). The van der Waals surface area contributed by atoms with Crippen LogP contribution < -0.4 is 10.2 Å². The molecule has 0 aliphatic carbocycles. The number of carbonyl (C=O) groups is 1. The highest BCUT2D eigenvalue weighted by Gasteiger charge is 2.23. The van der Waals surface area contributed by atoms with Gasteiger partial charge in [-0.2, -0.15) is 0 Å². The van der Waals surface area contributed by atoms with Crippen molar-refractivity contribution in [2.45, 2.75) is 38.5 Å². The van der Waals surface area contributed by atoms with Crippen LogP contribution in [0.3, 0.4) is 0 Å². The maximum absolute atomic E-state index is 14.0. The van der Waals surface area contributed by atoms with Crippen molar-refractivity contribution in [1.82, 2.24) is 4.90 Å². The quantitative estimate of drug-likeness (QED) is 0.610. The van der Waals surface area contributed by atoms with Crippen LogP contribution in [0.4, 0.5) is 15.8 Å². The van der Waals surface area contributed by atoms with Gasteiger partial charge in [0, 0.05) is 23.7 Å². The number of nitrogens with zero attached hydrogens (tertiary/aromatic N) is 2. The van der Waals surface area contributed by atoms with E-state index in [2.05, 4.69) is 15.1 Å². The van der Waals surface area contributed by atoms with E-state index in [0.29, 0.717) is 16.3 Å². The van der Waals surface area contributed by atoms with Crippen LogP contribution in [0.25, 0.3) is 0 Å². The van der Waals surface area contributed by atoms with Crippen LogP contribution >= 0.6 is 11.6 Å². The third-order valence-corrected chi connectivity index (χ3v) is 6.79. The molecule has 0 bridgehead atoms. The van der Waals surface area contributed by atoms with Crippen molar-refractivity contribution in [2.75, 3.05) is 42.9 Å². The Hall–Kier alpha value is -2.11. The number of halogens is 2. The molecule has 6 heteroatoms. The van der Waals surface area contributed by atoms with Gasteiger partial charge in [-0.25, -0.2) is 4.39 Å². The Bertz CT molecular complexity index is 892. The van der Waals surface area contributed by atoms with Gasteiger partial charge in [-0.1, -0.05) is 24.1 Å². The highest BCUT2D eigenvalue weighted by Crippen LogP contribution is 2.32. The van der Waals surface area contributed by atoms with E-state index in [0.717, 1.165) is 37.5 Å². The molecule has 2 heterocycles. The van der Waals surface area contributed by atoms with Gasteiger partial charge in [-0.15, -0.1) is 0 Å². The molecule has 0 spiro atoms. The first-order chi connectivity index (χ1) is 15.1. The van der Waals surface area contributed by atoms with Crippen molar-refractivity contribution < 1.29 is 9.18 Å². The number of carbonyl (C=O) groups excluding carboxylic acids is 1. The lowest BCUT2D eigenvalue weighted by Gasteiger charge is -2.36. The molecule has 166 valence electrons. The van der Waals surface area contributed by atoms with E-state index < -0.39 is 0 Å². The van der Waals surface area contributed by atoms with Gasteiger partial charge < -0.3 is 15.1 Å². The first-order valence-corrected chi connectivity index (χ1v) is 11.8. The maximum Gasteiger partial charge on any atom is 0.255 e. The predicted molar refractivity (Wildman–Crippen MR) is 126 cm³/mol. The normalized spacial score (nSPS) is 18.2. The second-order valence-electron chi connectivity index (χ2n) is 8.75. The zero-order chi connectivity index (χ0) is 21.6. The van der Waals surface area contributed by atoms with E-state index in [1.54, 1.807) is 30.3 Å². The van der Waals surface area contributed by atoms with Crippen LogP contribution in [0, 0.1) is 11.7 Å². The maximum atomic E-state index is 14.0. The number of benzene rings is 2. The Morgan fingerprint density at radius 2 is 1.81 bits per heavy atom. The molecule has 0 unspecified atom stereocenters. The summed E-state index contributed by atoms with van der Waals surface area (Å²) in [5.41, 5.74) is 1.85. The molecule has 2 aromatic carbocycles. The monoisotopic (exact) mass is 443 g/mol. The lowest BCUT2D eigenvalue weighted by atomic mass is 9.92. The first kappa shape index (κ1) is 22.1. The van der Waals surface area contributed by atoms with Gasteiger partial charge >= 0.3 is 0 Å². The molecule has 0 saturated carbocycles. The Labute approximate surface area is 189 Å². The van der Waals surface area contributed by atoms with Crippen LogP contribution in [0.1, 0.15) is 48.9 Å². The average molecular weight is 444 g/mol. The summed E-state index contributed by atoms with van der Waals surface area (Å²) in [5, 5.41) is 3.38. The molecular weight excluding hydrogens is 413 g/mol. The van der Waals surface area contributed by atoms with Crippen molar-refractivity contribution in [1.29, 1.82) is 0 Å². The fraction of sp³-hybridized carbons (Fsp3) is 0.480. The lowest BCUT2D eigenvalue weighted by Crippen LogP contribution is -2.36. The summed E-state index contributed by atoms with van der Waals surface area (Å²) in [4.78, 5) is 17.6. The number of hydrogen-bond acceptors (Lipinski definition) is 3. The number of amides is 1. The molecule has 4 rings (SSSR count). The molecule has 0 atom stereocenters. The van der Waals surface area contributed by atoms with E-state index >= 15 is 0 Å². The van der Waals surface area contributed by atoms with Gasteiger partial charge in [0.25, 0.3) is 5.91 Å². The molecule has 4 nitrogen and oxygen atoms in total. The molecule has 2 fully saturated rings. The number of piperidine rings is 2. The molecule has 2 aliphatic heterocycles. The minimum Gasteiger partial charge on any atom is -0.370 e. The van der Waals surface area contributed by atoms with Crippen LogP contribution in [-0.4, -0.2) is 43.5 Å². The van der Waals surface area contributed by atoms with Crippen LogP contribution in [0.2, 0.25) is 5.02 Å². The number of anilines is 2. The van der Waals surface area contributed by atoms with Crippen molar-refractivity contribution in [2.24, 2.45) is 5.92 Å². The van der Waals surface area contributed by atoms with Gasteiger partial charge in [-0.3, -0.25) is 4.79 Å². The minimum absolute atomic E-state index is 0.286. The van der Waals surface area contributed by atoms with Gasteiger partial charge in [0.2, 0.25) is 0 Å². The molecule has 0 aromatic heterocycles. The first-order valence-electron chi connectivity index (χ1n) is 11.4. The van der Waals surface area contributed by atoms with Crippen molar-refractivity contribution in [3.8, 4) is 0 Å². The third kappa shape index (κ3) is 5.98. The second-order valence-corrected chi connectivity index (χ2v) is 9.18. The largest absolute Gasteiger partial charge is 0.370 e. The molecule has 1 N–H and O–H groups in total. The molecule has 31 heavy (non-hydrogen) atoms. The van der Waals surface area contributed by atoms with E-state index in [1.807, 2.05) is 0 Å². The Morgan fingerprint density at radius 1 is 1.03 bits per heavy atom. The number of likely N-dealkylation sites (tertiary alicyclic amines) is 1. The summed E-state index contributed by atoms with van der Waals surface area (Å²) < 4.78 is 14.0. The zero-order valence-electron chi connectivity index (χ0n) is 18.0. The fourth-order valence-electron chi connectivity index (χ4n) is 4.72. The Balaban J connectivity index is 1.37. The van der Waals surface area contributed by atoms with E-state index in [4.69, 9.17) is 11.6 Å². The third-order valence-electron chi connectivity index (χ3n) is 6.55. The molecule has 0 radical (unpaired) electrons. The summed E-state index contributed by atoms with van der Waals surface area (Å²) in [6, 6.07) is 11.4. The van der Waals surface area contributed by atoms with E-state index in [9.17, 15) is 9.18 Å². The molecule has 2 aromatic rings. The van der Waals surface area contributed by atoms with E-state index in [-0.39, 0.29) is 11.7 Å². The van der Waals surface area contributed by atoms with Gasteiger partial charge in [0.15, 0.2) is 0 Å². The number of hydrogen-bond donors (Lipinski definition) is 1. The Kier molecular flexibility index (Phi) is 7.46. The molecule has 2 aliphatic rings. The van der Waals surface area contributed by atoms with Crippen LogP contribution in [-0.2, 0) is 0 Å². The van der Waals surface area contributed by atoms with Gasteiger partial charge in [0.1, 0.15) is 5.82 Å². The SMILES string of the molecule is O=C(Nc1cc(F)ccc1N1CCC(CCN2CCCCC2)CC1)c1cccc(Cl)c1. The smallest absolute Gasteiger partial charge is 0.255 e. The van der Waals surface area contributed by atoms with Crippen molar-refractivity contribution in [3.63, 3.8) is 0 Å². The fourth-order valence-corrected chi connectivity index (χ4v) is 4.91. The average Bonchev–Trinajstić information content (AvgIpc) is 2.79. The molecular formula is C25H31ClFN3O. The summed E-state index contributed by atoms with van der Waals surface area (Å²) in [7, 11) is 0. The Morgan fingerprint density at radius 3 is 2.55 bits per heavy atom. The summed E-state index contributed by atoms with van der Waals surface area (Å²) >= 11 is 6.01. The number of rotatable bonds is 6. The summed E-state index contributed by atoms with van der Waals surface area (Å²) in [6.07, 6.45) is 7.58. The minimum atomic E-state index is -0.360. The molecule has 1 amide bonds. The lowest BCUT2D eigenvalue weighted by molar-refractivity contribution is 0.102. The highest BCUT2D eigenvalue weighted by atomic mass is 35.5. The molecule has 2 saturated heterocycles. The van der Waals surface area contributed by atoms with Crippen LogP contribution in [0.5, 0.6) is 0 Å². The summed E-state index contributed by atoms with van der Waals surface area (Å²) in [5.74, 6) is 0.0930. The van der Waals surface area contributed by atoms with E-state index in [1.165, 1.54) is 57.5 Å². The predicted octanol–water partition coefficient (Wildman–Crippen LogP) is 5.82. The van der Waals surface area contributed by atoms with Gasteiger partial charge in [-0.05, 0) is 94.1 Å². The second kappa shape index (κ2) is 10.5. The van der Waals surface area contributed by atoms with Gasteiger partial charge in [0.05, 0.1) is 11.4 Å². The van der Waals surface area contributed by atoms with Crippen molar-refractivity contribution >= 4 is 28.9 Å². The van der Waals surface area contributed by atoms with Crippen LogP contribution in [0.15, 0.2) is 42.5 Å². The highest BCUT2D eigenvalue weighted by molar-refractivity contribution is 6.31. The zero-order valence-corrected chi connectivity index (χ0v) is 18.7. The van der Waals surface area contributed by atoms with Crippen molar-refractivity contribution in [3.05, 3.63) is 58.9 Å². The summed E-state index contributed by atoms with van der Waals surface area (Å²) in [6.45, 7) is 5.57. The topological polar surface area (TPSA) is 35.6 Å².